The number of ketones is 1. The second-order valence-corrected chi connectivity index (χ2v) is 4.26. The van der Waals surface area contributed by atoms with Gasteiger partial charge in [0.05, 0.1) is 0 Å². The number of hydrogen-bond acceptors (Lipinski definition) is 1. The van der Waals surface area contributed by atoms with E-state index in [0.717, 1.165) is 18.4 Å². The van der Waals surface area contributed by atoms with Crippen LogP contribution in [0.1, 0.15) is 49.2 Å². The van der Waals surface area contributed by atoms with Crippen molar-refractivity contribution in [2.24, 2.45) is 5.92 Å². The van der Waals surface area contributed by atoms with Crippen molar-refractivity contribution < 1.29 is 4.79 Å². The van der Waals surface area contributed by atoms with Crippen molar-refractivity contribution in [3.05, 3.63) is 34.9 Å². The Morgan fingerprint density at radius 1 is 1.07 bits per heavy atom. The van der Waals surface area contributed by atoms with Gasteiger partial charge in [0.1, 0.15) is 0 Å². The number of Topliss-reactive ketones (excluding diaryl/α,β-unsaturated/α-hetero) is 1. The lowest BCUT2D eigenvalue weighted by molar-refractivity contribution is 0.0939. The van der Waals surface area contributed by atoms with Gasteiger partial charge in [-0.1, -0.05) is 33.8 Å². The minimum absolute atomic E-state index is 0.0850. The van der Waals surface area contributed by atoms with Crippen molar-refractivity contribution in [2.45, 2.75) is 40.5 Å². The van der Waals surface area contributed by atoms with Gasteiger partial charge >= 0.3 is 0 Å². The zero-order chi connectivity index (χ0) is 11.4. The molecular weight excluding hydrogens is 184 g/mol. The zero-order valence-corrected chi connectivity index (χ0v) is 10.1. The number of rotatable bonds is 4. The van der Waals surface area contributed by atoms with Gasteiger partial charge in [-0.2, -0.15) is 0 Å². The van der Waals surface area contributed by atoms with E-state index in [4.69, 9.17) is 0 Å². The third-order valence-electron chi connectivity index (χ3n) is 2.68. The van der Waals surface area contributed by atoms with Crippen LogP contribution in [0.15, 0.2) is 18.2 Å². The largest absolute Gasteiger partial charge is 0.294 e. The summed E-state index contributed by atoms with van der Waals surface area (Å²) in [7, 11) is 0. The van der Waals surface area contributed by atoms with E-state index in [1.165, 1.54) is 11.1 Å². The standard InChI is InChI=1S/C14H20O/c1-5-11-7-12(6-2)9-13(8-11)14(15)10(3)4/h7-10H,5-6H2,1-4H3. The van der Waals surface area contributed by atoms with Crippen LogP contribution in [0, 0.1) is 5.92 Å². The Balaban J connectivity index is 3.12. The summed E-state index contributed by atoms with van der Waals surface area (Å²) in [6.45, 7) is 8.15. The fourth-order valence-electron chi connectivity index (χ4n) is 1.65. The van der Waals surface area contributed by atoms with Crippen molar-refractivity contribution in [2.75, 3.05) is 0 Å². The molecule has 0 amide bonds. The topological polar surface area (TPSA) is 17.1 Å². The molecule has 0 aromatic heterocycles. The molecule has 0 heterocycles. The minimum Gasteiger partial charge on any atom is -0.294 e. The lowest BCUT2D eigenvalue weighted by Gasteiger charge is -2.08. The van der Waals surface area contributed by atoms with Crippen LogP contribution < -0.4 is 0 Å². The summed E-state index contributed by atoms with van der Waals surface area (Å²) in [5, 5.41) is 0. The predicted octanol–water partition coefficient (Wildman–Crippen LogP) is 3.65. The Morgan fingerprint density at radius 2 is 1.53 bits per heavy atom. The van der Waals surface area contributed by atoms with Crippen LogP contribution in [0.5, 0.6) is 0 Å². The summed E-state index contributed by atoms with van der Waals surface area (Å²) in [6, 6.07) is 6.25. The van der Waals surface area contributed by atoms with E-state index in [9.17, 15) is 4.79 Å². The molecule has 1 aromatic carbocycles. The van der Waals surface area contributed by atoms with Crippen molar-refractivity contribution in [3.8, 4) is 0 Å². The summed E-state index contributed by atoms with van der Waals surface area (Å²) in [5.41, 5.74) is 3.40. The maximum absolute atomic E-state index is 11.9. The molecule has 0 N–H and O–H groups in total. The molecule has 0 aliphatic rings. The molecule has 0 fully saturated rings. The third kappa shape index (κ3) is 2.92. The normalized spacial score (nSPS) is 10.7. The average Bonchev–Trinajstić information content (AvgIpc) is 2.27. The molecule has 0 unspecified atom stereocenters. The molecular formula is C14H20O. The fourth-order valence-corrected chi connectivity index (χ4v) is 1.65. The van der Waals surface area contributed by atoms with Crippen LogP contribution in [-0.2, 0) is 12.8 Å². The van der Waals surface area contributed by atoms with Crippen LogP contribution >= 0.6 is 0 Å². The minimum atomic E-state index is 0.0850. The summed E-state index contributed by atoms with van der Waals surface area (Å²) >= 11 is 0. The summed E-state index contributed by atoms with van der Waals surface area (Å²) in [5.74, 6) is 0.335. The van der Waals surface area contributed by atoms with Gasteiger partial charge in [0, 0.05) is 11.5 Å². The lowest BCUT2D eigenvalue weighted by atomic mass is 9.95. The monoisotopic (exact) mass is 204 g/mol. The van der Waals surface area contributed by atoms with Gasteiger partial charge in [0.25, 0.3) is 0 Å². The maximum atomic E-state index is 11.9. The van der Waals surface area contributed by atoms with Crippen molar-refractivity contribution >= 4 is 5.78 Å². The first-order valence-corrected chi connectivity index (χ1v) is 5.75. The van der Waals surface area contributed by atoms with E-state index in [-0.39, 0.29) is 11.7 Å². The van der Waals surface area contributed by atoms with E-state index >= 15 is 0 Å². The number of aryl methyl sites for hydroxylation is 2. The molecule has 0 aliphatic carbocycles. The highest BCUT2D eigenvalue weighted by Crippen LogP contribution is 2.15. The van der Waals surface area contributed by atoms with Gasteiger partial charge < -0.3 is 0 Å². The number of benzene rings is 1. The molecule has 82 valence electrons. The third-order valence-corrected chi connectivity index (χ3v) is 2.68. The highest BCUT2D eigenvalue weighted by atomic mass is 16.1. The lowest BCUT2D eigenvalue weighted by Crippen LogP contribution is -2.08. The van der Waals surface area contributed by atoms with Crippen LogP contribution in [0.2, 0.25) is 0 Å². The smallest absolute Gasteiger partial charge is 0.165 e. The van der Waals surface area contributed by atoms with Crippen molar-refractivity contribution in [3.63, 3.8) is 0 Å². The van der Waals surface area contributed by atoms with Gasteiger partial charge in [-0.15, -0.1) is 0 Å². The molecule has 0 atom stereocenters. The highest BCUT2D eigenvalue weighted by molar-refractivity contribution is 5.97. The second kappa shape index (κ2) is 5.11. The average molecular weight is 204 g/mol. The summed E-state index contributed by atoms with van der Waals surface area (Å²) in [6.07, 6.45) is 1.98. The molecule has 1 nitrogen and oxygen atoms in total. The van der Waals surface area contributed by atoms with Gasteiger partial charge in [0.15, 0.2) is 5.78 Å². The number of carbonyl (C=O) groups excluding carboxylic acids is 1. The molecule has 0 aliphatic heterocycles. The second-order valence-electron chi connectivity index (χ2n) is 4.26. The molecule has 0 saturated heterocycles. The van der Waals surface area contributed by atoms with Crippen LogP contribution in [0.4, 0.5) is 0 Å². The maximum Gasteiger partial charge on any atom is 0.165 e. The van der Waals surface area contributed by atoms with Crippen molar-refractivity contribution in [1.29, 1.82) is 0 Å². The molecule has 0 spiro atoms. The van der Waals surface area contributed by atoms with Crippen LogP contribution in [0.25, 0.3) is 0 Å². The Bertz CT molecular complexity index is 328. The Morgan fingerprint density at radius 3 is 1.87 bits per heavy atom. The van der Waals surface area contributed by atoms with E-state index in [1.54, 1.807) is 0 Å². The molecule has 1 aromatic rings. The van der Waals surface area contributed by atoms with Gasteiger partial charge in [0.2, 0.25) is 0 Å². The predicted molar refractivity (Wildman–Crippen MR) is 64.4 cm³/mol. The van der Waals surface area contributed by atoms with Gasteiger partial charge in [-0.25, -0.2) is 0 Å². The zero-order valence-electron chi connectivity index (χ0n) is 10.1. The molecule has 0 bridgehead atoms. The Labute approximate surface area is 92.5 Å². The molecule has 1 heteroatoms. The van der Waals surface area contributed by atoms with Crippen LogP contribution in [0.3, 0.4) is 0 Å². The molecule has 1 rings (SSSR count). The van der Waals surface area contributed by atoms with E-state index in [0.29, 0.717) is 0 Å². The first-order chi connectivity index (χ1) is 7.08. The van der Waals surface area contributed by atoms with Crippen molar-refractivity contribution in [1.82, 2.24) is 0 Å². The molecule has 15 heavy (non-hydrogen) atoms. The Hall–Kier alpha value is -1.11. The summed E-state index contributed by atoms with van der Waals surface area (Å²) < 4.78 is 0. The van der Waals surface area contributed by atoms with Gasteiger partial charge in [-0.05, 0) is 36.1 Å². The van der Waals surface area contributed by atoms with Crippen LogP contribution in [-0.4, -0.2) is 5.78 Å². The van der Waals surface area contributed by atoms with Gasteiger partial charge in [-0.3, -0.25) is 4.79 Å². The molecule has 0 radical (unpaired) electrons. The Kier molecular flexibility index (Phi) is 4.07. The number of carbonyl (C=O) groups is 1. The first-order valence-electron chi connectivity index (χ1n) is 5.75. The quantitative estimate of drug-likeness (QED) is 0.684. The van der Waals surface area contributed by atoms with E-state index in [1.807, 2.05) is 26.0 Å². The molecule has 0 saturated carbocycles. The SMILES string of the molecule is CCc1cc(CC)cc(C(=O)C(C)C)c1. The fraction of sp³-hybridized carbons (Fsp3) is 0.500. The van der Waals surface area contributed by atoms with E-state index in [2.05, 4.69) is 19.9 Å². The summed E-state index contributed by atoms with van der Waals surface area (Å²) in [4.78, 5) is 11.9. The highest BCUT2D eigenvalue weighted by Gasteiger charge is 2.11. The number of hydrogen-bond donors (Lipinski definition) is 0. The first kappa shape index (κ1) is 12.0. The van der Waals surface area contributed by atoms with E-state index < -0.39 is 0 Å².